The molecule has 1 aromatic carbocycles. The van der Waals surface area contributed by atoms with Gasteiger partial charge in [-0.1, -0.05) is 11.6 Å². The highest BCUT2D eigenvalue weighted by atomic mass is 35.5. The van der Waals surface area contributed by atoms with E-state index in [4.69, 9.17) is 21.9 Å². The van der Waals surface area contributed by atoms with Gasteiger partial charge in [0.15, 0.2) is 0 Å². The monoisotopic (exact) mass is 379 g/mol. The third-order valence-electron chi connectivity index (χ3n) is 3.78. The standard InChI is InChI=1S/C17H16ClF2N5O/c18-14-4-3-11(7-13(14)16(19)20)23-8-12(25-21)9-26-17-22-6-5-15(24-17)10-1-2-10/h3-8,10,16,21,23H,1-2,9H2/b12-8-,25-21?. The first-order valence-electron chi connectivity index (χ1n) is 7.93. The van der Waals surface area contributed by atoms with E-state index in [0.717, 1.165) is 18.5 Å². The van der Waals surface area contributed by atoms with E-state index in [1.165, 1.54) is 18.3 Å². The molecular weight excluding hydrogens is 364 g/mol. The largest absolute Gasteiger partial charge is 0.457 e. The van der Waals surface area contributed by atoms with Gasteiger partial charge in [-0.25, -0.2) is 19.3 Å². The maximum absolute atomic E-state index is 12.9. The fraction of sp³-hybridized carbons (Fsp3) is 0.294. The van der Waals surface area contributed by atoms with Crippen LogP contribution in [0.1, 0.15) is 36.4 Å². The summed E-state index contributed by atoms with van der Waals surface area (Å²) in [5, 5.41) is 6.16. The van der Waals surface area contributed by atoms with Gasteiger partial charge in [0.05, 0.1) is 5.69 Å². The second-order valence-corrected chi connectivity index (χ2v) is 6.16. The second kappa shape index (κ2) is 8.18. The van der Waals surface area contributed by atoms with Gasteiger partial charge < -0.3 is 10.1 Å². The fourth-order valence-corrected chi connectivity index (χ4v) is 2.44. The van der Waals surface area contributed by atoms with Gasteiger partial charge in [-0.2, -0.15) is 10.1 Å². The summed E-state index contributed by atoms with van der Waals surface area (Å²) in [5.41, 5.74) is 8.54. The van der Waals surface area contributed by atoms with E-state index in [2.05, 4.69) is 20.4 Å². The molecule has 6 nitrogen and oxygen atoms in total. The van der Waals surface area contributed by atoms with Crippen LogP contribution in [0.4, 0.5) is 14.5 Å². The Labute approximate surface area is 153 Å². The summed E-state index contributed by atoms with van der Waals surface area (Å²) in [5.74, 6) is 0.479. The molecule has 2 N–H and O–H groups in total. The Balaban J connectivity index is 1.62. The summed E-state index contributed by atoms with van der Waals surface area (Å²) in [6.07, 6.45) is 2.60. The molecule has 0 spiro atoms. The normalized spacial score (nSPS) is 14.4. The number of alkyl halides is 2. The Morgan fingerprint density at radius 1 is 1.42 bits per heavy atom. The molecule has 1 aliphatic carbocycles. The SMILES string of the molecule is N=N/C(=C\Nc1ccc(Cl)c(C(F)F)c1)COc1nccc(C2CC2)n1. The quantitative estimate of drug-likeness (QED) is 0.609. The summed E-state index contributed by atoms with van der Waals surface area (Å²) >= 11 is 5.73. The third-order valence-corrected chi connectivity index (χ3v) is 4.12. The number of aromatic nitrogens is 2. The van der Waals surface area contributed by atoms with Gasteiger partial charge in [-0.15, -0.1) is 0 Å². The summed E-state index contributed by atoms with van der Waals surface area (Å²) in [4.78, 5) is 8.35. The van der Waals surface area contributed by atoms with Gasteiger partial charge in [0.25, 0.3) is 6.43 Å². The lowest BCUT2D eigenvalue weighted by atomic mass is 10.2. The zero-order chi connectivity index (χ0) is 18.5. The summed E-state index contributed by atoms with van der Waals surface area (Å²) < 4.78 is 31.2. The Bertz CT molecular complexity index is 827. The Kier molecular flexibility index (Phi) is 5.72. The maximum atomic E-state index is 12.9. The van der Waals surface area contributed by atoms with Gasteiger partial charge in [0.2, 0.25) is 0 Å². The highest BCUT2D eigenvalue weighted by Crippen LogP contribution is 2.39. The number of hydrogen-bond acceptors (Lipinski definition) is 6. The predicted octanol–water partition coefficient (Wildman–Crippen LogP) is 5.31. The van der Waals surface area contributed by atoms with Gasteiger partial charge >= 0.3 is 6.01 Å². The molecule has 1 aromatic heterocycles. The van der Waals surface area contributed by atoms with Crippen LogP contribution in [0.25, 0.3) is 0 Å². The lowest BCUT2D eigenvalue weighted by Crippen LogP contribution is -2.05. The van der Waals surface area contributed by atoms with Crippen molar-refractivity contribution in [2.24, 2.45) is 5.11 Å². The number of anilines is 1. The Morgan fingerprint density at radius 3 is 2.92 bits per heavy atom. The number of halogens is 3. The lowest BCUT2D eigenvalue weighted by Gasteiger charge is -2.08. The third kappa shape index (κ3) is 4.72. The summed E-state index contributed by atoms with van der Waals surface area (Å²) in [6, 6.07) is 6.25. The molecule has 0 radical (unpaired) electrons. The number of benzene rings is 1. The van der Waals surface area contributed by atoms with Crippen LogP contribution < -0.4 is 10.1 Å². The molecule has 0 atom stereocenters. The number of rotatable bonds is 8. The number of ether oxygens (including phenoxy) is 1. The van der Waals surface area contributed by atoms with Crippen molar-refractivity contribution in [3.05, 3.63) is 58.6 Å². The van der Waals surface area contributed by atoms with E-state index in [1.54, 1.807) is 12.3 Å². The van der Waals surface area contributed by atoms with Crippen molar-refractivity contribution >= 4 is 17.3 Å². The highest BCUT2D eigenvalue weighted by molar-refractivity contribution is 6.31. The average molecular weight is 380 g/mol. The Morgan fingerprint density at radius 2 is 2.23 bits per heavy atom. The molecule has 0 unspecified atom stereocenters. The van der Waals surface area contributed by atoms with Gasteiger partial charge in [0.1, 0.15) is 12.3 Å². The zero-order valence-corrected chi connectivity index (χ0v) is 14.4. The van der Waals surface area contributed by atoms with Gasteiger partial charge in [-0.3, -0.25) is 0 Å². The van der Waals surface area contributed by atoms with E-state index >= 15 is 0 Å². The van der Waals surface area contributed by atoms with Crippen molar-refractivity contribution in [3.63, 3.8) is 0 Å². The molecule has 2 aromatic rings. The lowest BCUT2D eigenvalue weighted by molar-refractivity contribution is 0.151. The first-order chi connectivity index (χ1) is 12.6. The van der Waals surface area contributed by atoms with E-state index in [9.17, 15) is 8.78 Å². The predicted molar refractivity (Wildman–Crippen MR) is 92.8 cm³/mol. The molecule has 1 aliphatic rings. The van der Waals surface area contributed by atoms with Crippen molar-refractivity contribution in [2.75, 3.05) is 11.9 Å². The number of nitrogens with one attached hydrogen (secondary N) is 2. The minimum absolute atomic E-state index is 0.00374. The smallest absolute Gasteiger partial charge is 0.316 e. The van der Waals surface area contributed by atoms with Crippen LogP contribution in [-0.4, -0.2) is 16.6 Å². The number of nitrogens with zero attached hydrogens (tertiary/aromatic N) is 3. The van der Waals surface area contributed by atoms with Crippen molar-refractivity contribution in [1.29, 1.82) is 5.53 Å². The molecule has 136 valence electrons. The first-order valence-corrected chi connectivity index (χ1v) is 8.31. The van der Waals surface area contributed by atoms with Gasteiger partial charge in [0, 0.05) is 34.6 Å². The van der Waals surface area contributed by atoms with Crippen molar-refractivity contribution in [3.8, 4) is 6.01 Å². The molecule has 0 bridgehead atoms. The van der Waals surface area contributed by atoms with Gasteiger partial charge in [-0.05, 0) is 37.1 Å². The molecule has 1 heterocycles. The molecule has 1 fully saturated rings. The van der Waals surface area contributed by atoms with E-state index in [1.807, 2.05) is 6.07 Å². The van der Waals surface area contributed by atoms with Crippen LogP contribution in [0.5, 0.6) is 6.01 Å². The molecule has 26 heavy (non-hydrogen) atoms. The zero-order valence-electron chi connectivity index (χ0n) is 13.6. The molecule has 0 amide bonds. The Hall–Kier alpha value is -2.61. The van der Waals surface area contributed by atoms with Crippen molar-refractivity contribution < 1.29 is 13.5 Å². The molecule has 0 saturated heterocycles. The molecule has 9 heteroatoms. The molecule has 3 rings (SSSR count). The maximum Gasteiger partial charge on any atom is 0.316 e. The minimum atomic E-state index is -2.67. The van der Waals surface area contributed by atoms with Crippen LogP contribution in [0.2, 0.25) is 5.02 Å². The summed E-state index contributed by atoms with van der Waals surface area (Å²) in [6.45, 7) is -0.0279. The molecule has 1 saturated carbocycles. The number of hydrogen-bond donors (Lipinski definition) is 2. The fourth-order valence-electron chi connectivity index (χ4n) is 2.24. The van der Waals surface area contributed by atoms with Crippen LogP contribution >= 0.6 is 11.6 Å². The summed E-state index contributed by atoms with van der Waals surface area (Å²) in [7, 11) is 0. The van der Waals surface area contributed by atoms with Crippen LogP contribution in [0, 0.1) is 5.53 Å². The molecule has 0 aliphatic heterocycles. The van der Waals surface area contributed by atoms with Crippen molar-refractivity contribution in [2.45, 2.75) is 25.2 Å². The minimum Gasteiger partial charge on any atom is -0.457 e. The first kappa shape index (κ1) is 18.2. The topological polar surface area (TPSA) is 83.2 Å². The van der Waals surface area contributed by atoms with E-state index in [-0.39, 0.29) is 28.9 Å². The van der Waals surface area contributed by atoms with Crippen LogP contribution in [0.3, 0.4) is 0 Å². The van der Waals surface area contributed by atoms with E-state index < -0.39 is 6.43 Å². The van der Waals surface area contributed by atoms with Crippen molar-refractivity contribution in [1.82, 2.24) is 9.97 Å². The van der Waals surface area contributed by atoms with Crippen LogP contribution in [0.15, 0.2) is 47.5 Å². The van der Waals surface area contributed by atoms with Crippen LogP contribution in [-0.2, 0) is 0 Å². The van der Waals surface area contributed by atoms with E-state index in [0.29, 0.717) is 11.6 Å². The molecular formula is C17H16ClF2N5O. The highest BCUT2D eigenvalue weighted by Gasteiger charge is 2.25. The second-order valence-electron chi connectivity index (χ2n) is 5.76. The average Bonchev–Trinajstić information content (AvgIpc) is 3.48.